The number of benzene rings is 1. The lowest BCUT2D eigenvalue weighted by Crippen LogP contribution is -2.54. The van der Waals surface area contributed by atoms with Gasteiger partial charge in [0.1, 0.15) is 18.1 Å². The molecule has 0 radical (unpaired) electrons. The number of pyridine rings is 1. The van der Waals surface area contributed by atoms with E-state index in [9.17, 15) is 18.0 Å². The van der Waals surface area contributed by atoms with Gasteiger partial charge in [-0.2, -0.15) is 0 Å². The van der Waals surface area contributed by atoms with Gasteiger partial charge in [0, 0.05) is 49.4 Å². The molecule has 1 aliphatic rings. The summed E-state index contributed by atoms with van der Waals surface area (Å²) in [5.41, 5.74) is -1.26. The highest BCUT2D eigenvalue weighted by Crippen LogP contribution is 2.37. The molecule has 3 heterocycles. The molecule has 0 aliphatic carbocycles. The highest BCUT2D eigenvalue weighted by atomic mass is 79.9. The van der Waals surface area contributed by atoms with E-state index in [-0.39, 0.29) is 37.9 Å². The number of amides is 2. The Morgan fingerprint density at radius 3 is 2.59 bits per heavy atom. The van der Waals surface area contributed by atoms with E-state index < -0.39 is 37.2 Å². The summed E-state index contributed by atoms with van der Waals surface area (Å²) in [6, 6.07) is 3.55. The fourth-order valence-corrected chi connectivity index (χ4v) is 4.92. The van der Waals surface area contributed by atoms with Crippen LogP contribution >= 0.6 is 15.9 Å². The summed E-state index contributed by atoms with van der Waals surface area (Å²) in [4.78, 5) is 16.4. The Balaban J connectivity index is 1.46. The Kier molecular flexibility index (Phi) is 8.16. The Morgan fingerprint density at radius 2 is 1.97 bits per heavy atom. The second-order valence-corrected chi connectivity index (χ2v) is 16.6. The van der Waals surface area contributed by atoms with Crippen LogP contribution in [-0.4, -0.2) is 55.7 Å². The lowest BCUT2D eigenvalue weighted by atomic mass is 10.1. The number of alkyl halides is 1. The fraction of sp³-hybridized carbons (Fsp3) is 0.417. The van der Waals surface area contributed by atoms with Crippen LogP contribution in [0, 0.1) is 11.6 Å². The van der Waals surface area contributed by atoms with Crippen LogP contribution in [0.1, 0.15) is 0 Å². The highest BCUT2D eigenvalue weighted by Gasteiger charge is 2.39. The molecule has 3 aromatic rings. The summed E-state index contributed by atoms with van der Waals surface area (Å²) in [6.07, 6.45) is 3.25. The van der Waals surface area contributed by atoms with Gasteiger partial charge in [0.05, 0.1) is 25.1 Å². The minimum atomic E-state index is -1.63. The van der Waals surface area contributed by atoms with E-state index in [0.717, 1.165) is 18.2 Å². The van der Waals surface area contributed by atoms with Crippen LogP contribution in [0.5, 0.6) is 11.5 Å². The van der Waals surface area contributed by atoms with Crippen LogP contribution in [0.15, 0.2) is 35.1 Å². The van der Waals surface area contributed by atoms with Crippen LogP contribution in [0.4, 0.5) is 23.7 Å². The van der Waals surface area contributed by atoms with Crippen LogP contribution in [0.25, 0.3) is 11.0 Å². The molecule has 0 saturated carbocycles. The molecule has 2 aromatic heterocycles. The average Bonchev–Trinajstić information content (AvgIpc) is 3.12. The number of nitrogens with zero attached hydrogens (tertiary/aromatic N) is 2. The number of aromatic nitrogens is 2. The maximum atomic E-state index is 14.8. The van der Waals surface area contributed by atoms with Crippen molar-refractivity contribution >= 4 is 46.8 Å². The summed E-state index contributed by atoms with van der Waals surface area (Å²) >= 11 is 3.47. The molecular weight excluding hydrogens is 573 g/mol. The number of carbonyl (C=O) groups is 1. The molecule has 8 nitrogen and oxygen atoms in total. The van der Waals surface area contributed by atoms with Gasteiger partial charge in [-0.3, -0.25) is 0 Å². The Labute approximate surface area is 221 Å². The van der Waals surface area contributed by atoms with Gasteiger partial charge in [0.25, 0.3) is 0 Å². The summed E-state index contributed by atoms with van der Waals surface area (Å²) < 4.78 is 62.2. The molecular formula is C24H28BrF3N4O4Si. The fourth-order valence-electron chi connectivity index (χ4n) is 3.54. The molecule has 0 bridgehead atoms. The molecule has 200 valence electrons. The summed E-state index contributed by atoms with van der Waals surface area (Å²) in [6.45, 7) is 7.20. The van der Waals surface area contributed by atoms with E-state index in [1.54, 1.807) is 10.8 Å². The van der Waals surface area contributed by atoms with Gasteiger partial charge in [0.2, 0.25) is 0 Å². The second-order valence-electron chi connectivity index (χ2n) is 10.1. The number of urea groups is 1. The Hall–Kier alpha value is -2.61. The zero-order chi connectivity index (χ0) is 26.8. The van der Waals surface area contributed by atoms with Crippen LogP contribution < -0.4 is 15.4 Å². The van der Waals surface area contributed by atoms with Crippen molar-refractivity contribution in [2.45, 2.75) is 38.1 Å². The van der Waals surface area contributed by atoms with Gasteiger partial charge in [-0.15, -0.1) is 0 Å². The maximum Gasteiger partial charge on any atom is 0.319 e. The van der Waals surface area contributed by atoms with E-state index >= 15 is 0 Å². The number of fused-ring (bicyclic) bond motifs is 1. The smallest absolute Gasteiger partial charge is 0.319 e. The lowest BCUT2D eigenvalue weighted by Gasteiger charge is -2.33. The third-order valence-corrected chi connectivity index (χ3v) is 7.96. The van der Waals surface area contributed by atoms with E-state index in [4.69, 9.17) is 14.2 Å². The van der Waals surface area contributed by atoms with Crippen molar-refractivity contribution in [3.63, 3.8) is 0 Å². The predicted octanol–water partition coefficient (Wildman–Crippen LogP) is 6.04. The SMILES string of the molecule is C[Si](C)(C)CCOCn1cc(Br)c2c(Oc3c(F)cc(NC(=O)NCC4(F)COC4)cc3F)ccnc21. The first-order valence-electron chi connectivity index (χ1n) is 11.6. The molecule has 1 saturated heterocycles. The van der Waals surface area contributed by atoms with E-state index in [1.165, 1.54) is 12.3 Å². The topological polar surface area (TPSA) is 86.6 Å². The second kappa shape index (κ2) is 11.0. The lowest BCUT2D eigenvalue weighted by molar-refractivity contribution is -0.125. The van der Waals surface area contributed by atoms with Crippen LogP contribution in [-0.2, 0) is 16.2 Å². The summed E-state index contributed by atoms with van der Waals surface area (Å²) in [5.74, 6) is -2.51. The zero-order valence-electron chi connectivity index (χ0n) is 20.7. The monoisotopic (exact) mass is 600 g/mol. The molecule has 37 heavy (non-hydrogen) atoms. The summed E-state index contributed by atoms with van der Waals surface area (Å²) in [7, 11) is -1.23. The average molecular weight is 601 g/mol. The number of halogens is 4. The number of hydrogen-bond donors (Lipinski definition) is 2. The van der Waals surface area contributed by atoms with Crippen molar-refractivity contribution in [2.75, 3.05) is 31.7 Å². The van der Waals surface area contributed by atoms with Crippen LogP contribution in [0.3, 0.4) is 0 Å². The van der Waals surface area contributed by atoms with Gasteiger partial charge < -0.3 is 29.4 Å². The van der Waals surface area contributed by atoms with Gasteiger partial charge >= 0.3 is 6.03 Å². The molecule has 1 aromatic carbocycles. The van der Waals surface area contributed by atoms with E-state index in [2.05, 4.69) is 51.2 Å². The molecule has 0 unspecified atom stereocenters. The van der Waals surface area contributed by atoms with E-state index in [0.29, 0.717) is 22.1 Å². The molecule has 13 heteroatoms. The zero-order valence-corrected chi connectivity index (χ0v) is 23.3. The van der Waals surface area contributed by atoms with Crippen molar-refractivity contribution < 1.29 is 32.2 Å². The highest BCUT2D eigenvalue weighted by molar-refractivity contribution is 9.10. The number of ether oxygens (including phenoxy) is 3. The molecule has 4 rings (SSSR count). The molecule has 0 atom stereocenters. The van der Waals surface area contributed by atoms with Crippen LogP contribution in [0.2, 0.25) is 25.7 Å². The minimum Gasteiger partial charge on any atom is -0.450 e. The quantitative estimate of drug-likeness (QED) is 0.219. The largest absolute Gasteiger partial charge is 0.450 e. The molecule has 0 spiro atoms. The number of rotatable bonds is 10. The first-order chi connectivity index (χ1) is 17.4. The molecule has 1 aliphatic heterocycles. The number of hydrogen-bond acceptors (Lipinski definition) is 5. The number of nitrogens with one attached hydrogen (secondary N) is 2. The first-order valence-corrected chi connectivity index (χ1v) is 16.1. The van der Waals surface area contributed by atoms with Crippen molar-refractivity contribution in [3.05, 3.63) is 46.7 Å². The third-order valence-electron chi connectivity index (χ3n) is 5.65. The van der Waals surface area contributed by atoms with Crippen molar-refractivity contribution in [1.29, 1.82) is 0 Å². The first kappa shape index (κ1) is 27.4. The predicted molar refractivity (Wildman–Crippen MR) is 140 cm³/mol. The third kappa shape index (κ3) is 6.83. The van der Waals surface area contributed by atoms with Gasteiger partial charge in [-0.25, -0.2) is 22.9 Å². The van der Waals surface area contributed by atoms with Crippen molar-refractivity contribution in [2.24, 2.45) is 0 Å². The van der Waals surface area contributed by atoms with Gasteiger partial charge in [-0.1, -0.05) is 19.6 Å². The van der Waals surface area contributed by atoms with Crippen molar-refractivity contribution in [3.8, 4) is 11.5 Å². The van der Waals surface area contributed by atoms with Gasteiger partial charge in [0.15, 0.2) is 23.1 Å². The summed E-state index contributed by atoms with van der Waals surface area (Å²) in [5, 5.41) is 5.13. The Bertz CT molecular complexity index is 1270. The molecule has 1 fully saturated rings. The maximum absolute atomic E-state index is 14.8. The Morgan fingerprint density at radius 1 is 1.27 bits per heavy atom. The number of carbonyl (C=O) groups excluding carboxylic acids is 1. The normalized spacial score (nSPS) is 14.9. The molecule has 2 N–H and O–H groups in total. The minimum absolute atomic E-state index is 0.115. The standard InChI is InChI=1S/C24H28BrF3N4O4Si/c1-37(2,3)7-6-34-14-32-10-16(25)20-19(4-5-29-22(20)32)36-21-17(26)8-15(9-18(21)27)31-23(33)30-11-24(28)12-35-13-24/h4-5,8-10H,6-7,11-14H2,1-3H3,(H2,30,31,33). The molecule has 2 amide bonds. The number of anilines is 1. The van der Waals surface area contributed by atoms with Gasteiger partial charge in [-0.05, 0) is 28.0 Å². The van der Waals surface area contributed by atoms with Crippen molar-refractivity contribution in [1.82, 2.24) is 14.9 Å². The van der Waals surface area contributed by atoms with E-state index in [1.807, 2.05) is 0 Å².